The maximum absolute atomic E-state index is 12.4. The number of fused-ring (bicyclic) bond motifs is 1. The summed E-state index contributed by atoms with van der Waals surface area (Å²) in [6, 6.07) is 5.19. The Hall–Kier alpha value is -2.54. The normalized spacial score (nSPS) is 12.3. The lowest BCUT2D eigenvalue weighted by atomic mass is 10.2. The number of rotatable bonds is 4. The summed E-state index contributed by atoms with van der Waals surface area (Å²) in [6.45, 7) is 5.70. The average Bonchev–Trinajstić information content (AvgIpc) is 2.96. The number of aryl methyl sites for hydroxylation is 2. The van der Waals surface area contributed by atoms with Crippen molar-refractivity contribution in [2.75, 3.05) is 0 Å². The van der Waals surface area contributed by atoms with E-state index < -0.39 is 17.6 Å². The van der Waals surface area contributed by atoms with Crippen LogP contribution in [-0.4, -0.2) is 20.3 Å². The van der Waals surface area contributed by atoms with Gasteiger partial charge in [0.1, 0.15) is 17.3 Å². The minimum absolute atomic E-state index is 0.0802. The van der Waals surface area contributed by atoms with Crippen LogP contribution in [0, 0.1) is 6.92 Å². The van der Waals surface area contributed by atoms with Crippen molar-refractivity contribution in [3.05, 3.63) is 62.1 Å². The number of ether oxygens (including phenoxy) is 1. The van der Waals surface area contributed by atoms with Gasteiger partial charge >= 0.3 is 5.97 Å². The third-order valence-corrected chi connectivity index (χ3v) is 5.13. The number of nitrogens with zero attached hydrogens (tertiary/aromatic N) is 3. The van der Waals surface area contributed by atoms with Crippen LogP contribution in [0.5, 0.6) is 0 Å². The molecule has 7 heteroatoms. The first-order chi connectivity index (χ1) is 11.5. The van der Waals surface area contributed by atoms with Crippen LogP contribution in [0.3, 0.4) is 0 Å². The summed E-state index contributed by atoms with van der Waals surface area (Å²) in [4.78, 5) is 34.3. The quantitative estimate of drug-likeness (QED) is 0.681. The zero-order valence-electron chi connectivity index (χ0n) is 13.6. The fraction of sp³-hybridized carbons (Fsp3) is 0.294. The largest absolute Gasteiger partial charge is 0.453 e. The summed E-state index contributed by atoms with van der Waals surface area (Å²) < 4.78 is 6.80. The third-order valence-electron chi connectivity index (χ3n) is 3.67. The van der Waals surface area contributed by atoms with E-state index in [2.05, 4.69) is 9.97 Å². The lowest BCUT2D eigenvalue weighted by molar-refractivity contribution is 0.0341. The van der Waals surface area contributed by atoms with Gasteiger partial charge in [-0.1, -0.05) is 13.0 Å². The topological polar surface area (TPSA) is 73.6 Å². The second-order valence-corrected chi connectivity index (χ2v) is 6.48. The summed E-state index contributed by atoms with van der Waals surface area (Å²) >= 11 is 1.52. The van der Waals surface area contributed by atoms with Crippen molar-refractivity contribution in [2.45, 2.75) is 33.3 Å². The van der Waals surface area contributed by atoms with Crippen LogP contribution in [0.4, 0.5) is 0 Å². The molecule has 0 aromatic carbocycles. The zero-order valence-corrected chi connectivity index (χ0v) is 14.5. The van der Waals surface area contributed by atoms with E-state index in [4.69, 9.17) is 4.74 Å². The van der Waals surface area contributed by atoms with Crippen LogP contribution in [-0.2, 0) is 11.2 Å². The molecule has 6 nitrogen and oxygen atoms in total. The molecule has 24 heavy (non-hydrogen) atoms. The summed E-state index contributed by atoms with van der Waals surface area (Å²) in [5, 5.41) is 0.998. The molecule has 0 saturated heterocycles. The van der Waals surface area contributed by atoms with E-state index >= 15 is 0 Å². The summed E-state index contributed by atoms with van der Waals surface area (Å²) in [7, 11) is 0. The predicted octanol–water partition coefficient (Wildman–Crippen LogP) is 2.94. The monoisotopic (exact) mass is 343 g/mol. The number of carbonyl (C=O) groups is 1. The molecule has 0 aliphatic heterocycles. The zero-order chi connectivity index (χ0) is 17.3. The van der Waals surface area contributed by atoms with Gasteiger partial charge in [0, 0.05) is 12.4 Å². The highest BCUT2D eigenvalue weighted by Crippen LogP contribution is 2.28. The van der Waals surface area contributed by atoms with Crippen LogP contribution < -0.4 is 5.56 Å². The minimum atomic E-state index is -0.677. The smallest absolute Gasteiger partial charge is 0.346 e. The van der Waals surface area contributed by atoms with E-state index in [1.807, 2.05) is 13.8 Å². The highest BCUT2D eigenvalue weighted by Gasteiger charge is 2.21. The molecule has 0 radical (unpaired) electrons. The lowest BCUT2D eigenvalue weighted by Gasteiger charge is -2.12. The molecule has 3 heterocycles. The van der Waals surface area contributed by atoms with Crippen LogP contribution in [0.15, 0.2) is 35.4 Å². The summed E-state index contributed by atoms with van der Waals surface area (Å²) in [5.41, 5.74) is 0.819. The number of aromatic nitrogens is 3. The van der Waals surface area contributed by atoms with Crippen molar-refractivity contribution in [1.82, 2.24) is 14.4 Å². The Morgan fingerprint density at radius 3 is 2.92 bits per heavy atom. The van der Waals surface area contributed by atoms with E-state index in [0.717, 1.165) is 22.0 Å². The molecule has 3 aromatic rings. The Kier molecular flexibility index (Phi) is 4.44. The van der Waals surface area contributed by atoms with Crippen LogP contribution >= 0.6 is 11.3 Å². The Morgan fingerprint density at radius 2 is 2.21 bits per heavy atom. The first-order valence-electron chi connectivity index (χ1n) is 7.64. The van der Waals surface area contributed by atoms with Crippen molar-refractivity contribution in [2.24, 2.45) is 0 Å². The average molecular weight is 343 g/mol. The van der Waals surface area contributed by atoms with Gasteiger partial charge in [-0.3, -0.25) is 9.20 Å². The van der Waals surface area contributed by atoms with Crippen LogP contribution in [0.25, 0.3) is 5.65 Å². The molecule has 0 unspecified atom stereocenters. The van der Waals surface area contributed by atoms with Crippen molar-refractivity contribution >= 4 is 23.0 Å². The standard InChI is InChI=1S/C17H17N3O3S/c1-4-14-19-10(2)15(24-14)11(3)23-17(22)12-9-18-13-7-5-6-8-20(13)16(12)21/h5-9,11H,4H2,1-3H3/t11-/m1/s1. The number of hydrogen-bond donors (Lipinski definition) is 0. The third kappa shape index (κ3) is 2.94. The molecule has 0 aliphatic carbocycles. The Morgan fingerprint density at radius 1 is 1.42 bits per heavy atom. The molecule has 3 rings (SSSR count). The molecule has 0 fully saturated rings. The molecule has 0 N–H and O–H groups in total. The first kappa shape index (κ1) is 16.3. The van der Waals surface area contributed by atoms with Gasteiger partial charge in [-0.15, -0.1) is 11.3 Å². The molecule has 1 atom stereocenters. The predicted molar refractivity (Wildman–Crippen MR) is 91.5 cm³/mol. The molecule has 3 aromatic heterocycles. The van der Waals surface area contributed by atoms with Gasteiger partial charge in [0.05, 0.1) is 15.6 Å². The lowest BCUT2D eigenvalue weighted by Crippen LogP contribution is -2.24. The Labute approximate surface area is 142 Å². The van der Waals surface area contributed by atoms with Gasteiger partial charge in [-0.25, -0.2) is 14.8 Å². The second-order valence-electron chi connectivity index (χ2n) is 5.36. The van der Waals surface area contributed by atoms with E-state index in [1.54, 1.807) is 31.3 Å². The molecular weight excluding hydrogens is 326 g/mol. The van der Waals surface area contributed by atoms with E-state index in [9.17, 15) is 9.59 Å². The van der Waals surface area contributed by atoms with Crippen molar-refractivity contribution in [1.29, 1.82) is 0 Å². The van der Waals surface area contributed by atoms with Gasteiger partial charge in [0.2, 0.25) is 0 Å². The number of pyridine rings is 1. The molecule has 0 spiro atoms. The minimum Gasteiger partial charge on any atom is -0.453 e. The van der Waals surface area contributed by atoms with E-state index in [1.165, 1.54) is 21.9 Å². The van der Waals surface area contributed by atoms with Gasteiger partial charge in [0.15, 0.2) is 0 Å². The molecular formula is C17H17N3O3S. The first-order valence-corrected chi connectivity index (χ1v) is 8.46. The Balaban J connectivity index is 1.88. The maximum Gasteiger partial charge on any atom is 0.346 e. The second kappa shape index (κ2) is 6.52. The number of thiazole rings is 1. The molecule has 124 valence electrons. The van der Waals surface area contributed by atoms with Gasteiger partial charge in [0.25, 0.3) is 5.56 Å². The number of carbonyl (C=O) groups excluding carboxylic acids is 1. The van der Waals surface area contributed by atoms with E-state index in [0.29, 0.717) is 5.65 Å². The van der Waals surface area contributed by atoms with Crippen LogP contribution in [0.1, 0.15) is 45.9 Å². The van der Waals surface area contributed by atoms with Gasteiger partial charge < -0.3 is 4.74 Å². The number of esters is 1. The fourth-order valence-electron chi connectivity index (χ4n) is 2.44. The Bertz CT molecular complexity index is 961. The van der Waals surface area contributed by atoms with Crippen molar-refractivity contribution < 1.29 is 9.53 Å². The van der Waals surface area contributed by atoms with Crippen LogP contribution in [0.2, 0.25) is 0 Å². The number of hydrogen-bond acceptors (Lipinski definition) is 6. The van der Waals surface area contributed by atoms with Gasteiger partial charge in [-0.05, 0) is 32.4 Å². The van der Waals surface area contributed by atoms with Crippen molar-refractivity contribution in [3.8, 4) is 0 Å². The molecule has 0 amide bonds. The van der Waals surface area contributed by atoms with Crippen molar-refractivity contribution in [3.63, 3.8) is 0 Å². The van der Waals surface area contributed by atoms with E-state index in [-0.39, 0.29) is 5.56 Å². The molecule has 0 aliphatic rings. The van der Waals surface area contributed by atoms with Gasteiger partial charge in [-0.2, -0.15) is 0 Å². The summed E-state index contributed by atoms with van der Waals surface area (Å²) in [6.07, 6.45) is 3.21. The fourth-order valence-corrected chi connectivity index (χ4v) is 3.43. The highest BCUT2D eigenvalue weighted by atomic mass is 32.1. The maximum atomic E-state index is 12.4. The molecule has 0 bridgehead atoms. The molecule has 0 saturated carbocycles. The highest BCUT2D eigenvalue weighted by molar-refractivity contribution is 7.11. The SMILES string of the molecule is CCc1nc(C)c([C@@H](C)OC(=O)c2cnc3ccccn3c2=O)s1. The summed E-state index contributed by atoms with van der Waals surface area (Å²) in [5.74, 6) is -0.677.